The molecule has 4 rings (SSSR count). The predicted molar refractivity (Wildman–Crippen MR) is 117 cm³/mol. The van der Waals surface area contributed by atoms with Crippen LogP contribution in [0.3, 0.4) is 0 Å². The summed E-state index contributed by atoms with van der Waals surface area (Å²) in [7, 11) is 0. The molecule has 0 aliphatic carbocycles. The van der Waals surface area contributed by atoms with E-state index in [2.05, 4.69) is 16.3 Å². The second-order valence-corrected chi connectivity index (χ2v) is 8.28. The summed E-state index contributed by atoms with van der Waals surface area (Å²) in [6.07, 6.45) is 0. The molecule has 1 aliphatic heterocycles. The lowest BCUT2D eigenvalue weighted by atomic mass is 10.1. The van der Waals surface area contributed by atoms with Crippen LogP contribution in [0.1, 0.15) is 27.0 Å². The molecule has 29 heavy (non-hydrogen) atoms. The van der Waals surface area contributed by atoms with Gasteiger partial charge in [-0.05, 0) is 30.2 Å². The molecule has 1 aliphatic rings. The van der Waals surface area contributed by atoms with E-state index in [9.17, 15) is 9.59 Å². The minimum Gasteiger partial charge on any atom is -0.379 e. The van der Waals surface area contributed by atoms with Crippen molar-refractivity contribution < 1.29 is 9.53 Å². The number of ether oxygens (including phenoxy) is 1. The normalized spacial score (nSPS) is 14.8. The molecule has 0 saturated carbocycles. The zero-order chi connectivity index (χ0) is 20.2. The number of nitrogens with zero attached hydrogens (tertiary/aromatic N) is 1. The highest BCUT2D eigenvalue weighted by atomic mass is 32.1. The third-order valence-electron chi connectivity index (χ3n) is 5.17. The molecule has 0 bridgehead atoms. The Balaban J connectivity index is 1.52. The maximum absolute atomic E-state index is 13.0. The van der Waals surface area contributed by atoms with Crippen LogP contribution in [0.5, 0.6) is 0 Å². The fourth-order valence-corrected chi connectivity index (χ4v) is 4.32. The van der Waals surface area contributed by atoms with Gasteiger partial charge < -0.3 is 10.1 Å². The number of aryl methyl sites for hydroxylation is 1. The molecular formula is C23H24N2O3S. The molecule has 1 amide bonds. The van der Waals surface area contributed by atoms with Crippen LogP contribution in [0, 0.1) is 6.92 Å². The maximum Gasteiger partial charge on any atom is 0.256 e. The molecule has 1 N–H and O–H groups in total. The summed E-state index contributed by atoms with van der Waals surface area (Å²) in [4.78, 5) is 27.9. The number of rotatable bonds is 5. The van der Waals surface area contributed by atoms with Gasteiger partial charge in [-0.1, -0.05) is 35.9 Å². The summed E-state index contributed by atoms with van der Waals surface area (Å²) in [6, 6.07) is 13.9. The van der Waals surface area contributed by atoms with Crippen LogP contribution in [0.25, 0.3) is 10.1 Å². The van der Waals surface area contributed by atoms with E-state index < -0.39 is 0 Å². The molecule has 0 spiro atoms. The first-order chi connectivity index (χ1) is 14.1. The van der Waals surface area contributed by atoms with E-state index in [0.29, 0.717) is 11.9 Å². The van der Waals surface area contributed by atoms with Gasteiger partial charge in [0.2, 0.25) is 5.43 Å². The highest BCUT2D eigenvalue weighted by molar-refractivity contribution is 7.16. The molecule has 1 aromatic heterocycles. The summed E-state index contributed by atoms with van der Waals surface area (Å²) in [5.41, 5.74) is 3.27. The fourth-order valence-electron chi connectivity index (χ4n) is 3.43. The Bertz CT molecular complexity index is 1070. The average Bonchev–Trinajstić information content (AvgIpc) is 2.74. The van der Waals surface area contributed by atoms with Crippen LogP contribution in [-0.4, -0.2) is 37.1 Å². The van der Waals surface area contributed by atoms with Crippen LogP contribution >= 0.6 is 11.3 Å². The number of hydrogen-bond acceptors (Lipinski definition) is 5. The lowest BCUT2D eigenvalue weighted by Gasteiger charge is -2.26. The molecule has 2 aromatic carbocycles. The second-order valence-electron chi connectivity index (χ2n) is 7.37. The number of fused-ring (bicyclic) bond motifs is 1. The summed E-state index contributed by atoms with van der Waals surface area (Å²) < 4.78 is 6.29. The Hall–Kier alpha value is -2.54. The van der Waals surface area contributed by atoms with Crippen LogP contribution in [0.15, 0.2) is 52.6 Å². The van der Waals surface area contributed by atoms with E-state index in [1.54, 1.807) is 5.38 Å². The minimum absolute atomic E-state index is 0.205. The van der Waals surface area contributed by atoms with Gasteiger partial charge in [0, 0.05) is 41.6 Å². The number of hydrogen-bond donors (Lipinski definition) is 1. The molecule has 0 unspecified atom stereocenters. The molecule has 0 radical (unpaired) electrons. The first-order valence-electron chi connectivity index (χ1n) is 9.78. The third kappa shape index (κ3) is 4.72. The van der Waals surface area contributed by atoms with E-state index in [4.69, 9.17) is 4.74 Å². The number of carbonyl (C=O) groups is 1. The Kier molecular flexibility index (Phi) is 6.04. The lowest BCUT2D eigenvalue weighted by molar-refractivity contribution is 0.0342. The molecule has 3 aromatic rings. The highest BCUT2D eigenvalue weighted by Crippen LogP contribution is 2.20. The summed E-state index contributed by atoms with van der Waals surface area (Å²) in [6.45, 7) is 6.49. The van der Waals surface area contributed by atoms with Crippen molar-refractivity contribution in [1.82, 2.24) is 10.2 Å². The van der Waals surface area contributed by atoms with Crippen molar-refractivity contribution in [3.8, 4) is 0 Å². The van der Waals surface area contributed by atoms with Gasteiger partial charge in [-0.2, -0.15) is 0 Å². The predicted octanol–water partition coefficient (Wildman–Crippen LogP) is 3.33. The van der Waals surface area contributed by atoms with Crippen molar-refractivity contribution in [2.45, 2.75) is 20.0 Å². The number of benzene rings is 2. The number of carbonyl (C=O) groups excluding carboxylic acids is 1. The molecular weight excluding hydrogens is 384 g/mol. The van der Waals surface area contributed by atoms with Gasteiger partial charge in [0.1, 0.15) is 0 Å². The van der Waals surface area contributed by atoms with Crippen molar-refractivity contribution in [1.29, 1.82) is 0 Å². The van der Waals surface area contributed by atoms with Crippen molar-refractivity contribution in [2.24, 2.45) is 0 Å². The zero-order valence-electron chi connectivity index (χ0n) is 16.4. The molecule has 1 fully saturated rings. The molecule has 1 saturated heterocycles. The van der Waals surface area contributed by atoms with Crippen LogP contribution in [0.4, 0.5) is 0 Å². The Morgan fingerprint density at radius 3 is 2.59 bits per heavy atom. The van der Waals surface area contributed by atoms with Crippen molar-refractivity contribution in [3.05, 3.63) is 80.3 Å². The Morgan fingerprint density at radius 1 is 1.10 bits per heavy atom. The van der Waals surface area contributed by atoms with Gasteiger partial charge in [0.25, 0.3) is 5.91 Å². The Labute approximate surface area is 173 Å². The van der Waals surface area contributed by atoms with Crippen LogP contribution in [0.2, 0.25) is 0 Å². The fraction of sp³-hybridized carbons (Fsp3) is 0.304. The SMILES string of the molecule is Cc1ccc(CNC(=O)c2csc3ccc(CN4CCOCC4)cc3c2=O)cc1. The number of morpholine rings is 1. The largest absolute Gasteiger partial charge is 0.379 e. The average molecular weight is 409 g/mol. The van der Waals surface area contributed by atoms with Gasteiger partial charge in [-0.15, -0.1) is 11.3 Å². The molecule has 0 atom stereocenters. The van der Waals surface area contributed by atoms with E-state index in [-0.39, 0.29) is 16.9 Å². The number of nitrogens with one attached hydrogen (secondary N) is 1. The highest BCUT2D eigenvalue weighted by Gasteiger charge is 2.15. The Morgan fingerprint density at radius 2 is 1.83 bits per heavy atom. The van der Waals surface area contributed by atoms with Crippen molar-refractivity contribution in [2.75, 3.05) is 26.3 Å². The monoisotopic (exact) mass is 408 g/mol. The lowest BCUT2D eigenvalue weighted by Crippen LogP contribution is -2.35. The molecule has 6 heteroatoms. The standard InChI is InChI=1S/C23H24N2O3S/c1-16-2-4-17(5-3-16)13-24-23(27)20-15-29-21-7-6-18(12-19(21)22(20)26)14-25-8-10-28-11-9-25/h2-7,12,15H,8-11,13-14H2,1H3,(H,24,27). The summed E-state index contributed by atoms with van der Waals surface area (Å²) in [5, 5.41) is 5.14. The van der Waals surface area contributed by atoms with Gasteiger partial charge in [-0.3, -0.25) is 14.5 Å². The van der Waals surface area contributed by atoms with Gasteiger partial charge >= 0.3 is 0 Å². The van der Waals surface area contributed by atoms with Gasteiger partial charge in [-0.25, -0.2) is 0 Å². The van der Waals surface area contributed by atoms with E-state index in [1.165, 1.54) is 16.9 Å². The van der Waals surface area contributed by atoms with Crippen LogP contribution < -0.4 is 10.7 Å². The van der Waals surface area contributed by atoms with Crippen molar-refractivity contribution >= 4 is 27.3 Å². The van der Waals surface area contributed by atoms with Crippen LogP contribution in [-0.2, 0) is 17.8 Å². The van der Waals surface area contributed by atoms with Gasteiger partial charge in [0.15, 0.2) is 0 Å². The van der Waals surface area contributed by atoms with E-state index in [1.807, 2.05) is 43.3 Å². The first kappa shape index (κ1) is 19.8. The minimum atomic E-state index is -0.327. The molecule has 5 nitrogen and oxygen atoms in total. The van der Waals surface area contributed by atoms with E-state index in [0.717, 1.165) is 48.7 Å². The topological polar surface area (TPSA) is 58.6 Å². The molecule has 150 valence electrons. The zero-order valence-corrected chi connectivity index (χ0v) is 17.3. The first-order valence-corrected chi connectivity index (χ1v) is 10.7. The molecule has 2 heterocycles. The smallest absolute Gasteiger partial charge is 0.256 e. The number of amides is 1. The third-order valence-corrected chi connectivity index (χ3v) is 6.13. The quantitative estimate of drug-likeness (QED) is 0.704. The maximum atomic E-state index is 13.0. The summed E-state index contributed by atoms with van der Waals surface area (Å²) >= 11 is 1.43. The summed E-state index contributed by atoms with van der Waals surface area (Å²) in [5.74, 6) is -0.327. The van der Waals surface area contributed by atoms with Crippen molar-refractivity contribution in [3.63, 3.8) is 0 Å². The van der Waals surface area contributed by atoms with Gasteiger partial charge in [0.05, 0.1) is 18.8 Å². The second kappa shape index (κ2) is 8.86. The van der Waals surface area contributed by atoms with E-state index >= 15 is 0 Å².